The number of ether oxygens (including phenoxy) is 1. The van der Waals surface area contributed by atoms with Crippen molar-refractivity contribution in [1.29, 1.82) is 5.41 Å². The number of alkyl halides is 2. The number of anilines is 2. The number of nitrogens with one attached hydrogen (secondary N) is 4. The van der Waals surface area contributed by atoms with Crippen molar-refractivity contribution in [3.63, 3.8) is 0 Å². The predicted octanol–water partition coefficient (Wildman–Crippen LogP) is 3.79. The van der Waals surface area contributed by atoms with E-state index in [-0.39, 0.29) is 11.7 Å². The van der Waals surface area contributed by atoms with Crippen molar-refractivity contribution in [1.82, 2.24) is 20.5 Å². The molecule has 9 heteroatoms. The molecule has 3 heterocycles. The molecule has 0 atom stereocenters. The molecule has 4 rings (SSSR count). The van der Waals surface area contributed by atoms with Gasteiger partial charge in [0.15, 0.2) is 0 Å². The maximum atomic E-state index is 13.0. The van der Waals surface area contributed by atoms with Crippen LogP contribution in [0.3, 0.4) is 0 Å². The van der Waals surface area contributed by atoms with Crippen molar-refractivity contribution in [2.45, 2.75) is 13.0 Å². The van der Waals surface area contributed by atoms with Gasteiger partial charge in [-0.1, -0.05) is 0 Å². The van der Waals surface area contributed by atoms with Crippen molar-refractivity contribution in [3.05, 3.63) is 54.5 Å². The number of benzene rings is 1. The Bertz CT molecular complexity index is 995. The van der Waals surface area contributed by atoms with Gasteiger partial charge in [-0.2, -0.15) is 13.9 Å². The maximum Gasteiger partial charge on any atom is 0.394 e. The molecule has 1 aliphatic heterocycles. The molecule has 0 saturated carbocycles. The van der Waals surface area contributed by atoms with Crippen molar-refractivity contribution in [2.24, 2.45) is 5.92 Å². The minimum atomic E-state index is -3.24. The van der Waals surface area contributed by atoms with Gasteiger partial charge in [0.1, 0.15) is 11.6 Å². The van der Waals surface area contributed by atoms with Gasteiger partial charge in [0.2, 0.25) is 0 Å². The molecule has 29 heavy (non-hydrogen) atoms. The van der Waals surface area contributed by atoms with Crippen molar-refractivity contribution in [3.8, 4) is 16.9 Å². The largest absolute Gasteiger partial charge is 0.433 e. The molecule has 3 aromatic rings. The minimum Gasteiger partial charge on any atom is -0.433 e. The second kappa shape index (κ2) is 7.59. The maximum absolute atomic E-state index is 13.0. The van der Waals surface area contributed by atoms with E-state index in [1.807, 2.05) is 6.07 Å². The zero-order chi connectivity index (χ0) is 20.4. The van der Waals surface area contributed by atoms with E-state index < -0.39 is 6.11 Å². The SMILES string of the molecule is CC(F)(F)Oc1ccc(Nc2nccc(-c3cn[nH]c3)c2C(=N)C2CNC2)cc1. The highest BCUT2D eigenvalue weighted by Crippen LogP contribution is 2.32. The van der Waals surface area contributed by atoms with E-state index in [9.17, 15) is 8.78 Å². The van der Waals surface area contributed by atoms with Gasteiger partial charge in [-0.3, -0.25) is 5.10 Å². The third-order valence-corrected chi connectivity index (χ3v) is 4.63. The topological polar surface area (TPSA) is 98.7 Å². The summed E-state index contributed by atoms with van der Waals surface area (Å²) in [5.74, 6) is 0.694. The van der Waals surface area contributed by atoms with Crippen LogP contribution < -0.4 is 15.4 Å². The molecule has 1 fully saturated rings. The fourth-order valence-corrected chi connectivity index (χ4v) is 3.11. The molecule has 1 aromatic carbocycles. The van der Waals surface area contributed by atoms with Gasteiger partial charge < -0.3 is 20.8 Å². The highest BCUT2D eigenvalue weighted by Gasteiger charge is 2.28. The number of nitrogens with zero attached hydrogens (tertiary/aromatic N) is 2. The van der Waals surface area contributed by atoms with Crippen LogP contribution in [0.2, 0.25) is 0 Å². The van der Waals surface area contributed by atoms with Crippen LogP contribution in [-0.4, -0.2) is 40.1 Å². The van der Waals surface area contributed by atoms with Crippen LogP contribution in [0.5, 0.6) is 5.75 Å². The summed E-state index contributed by atoms with van der Waals surface area (Å²) < 4.78 is 30.6. The van der Waals surface area contributed by atoms with Crippen LogP contribution in [0.4, 0.5) is 20.3 Å². The van der Waals surface area contributed by atoms with Crippen molar-refractivity contribution in [2.75, 3.05) is 18.4 Å². The van der Waals surface area contributed by atoms with E-state index in [1.165, 1.54) is 12.1 Å². The van der Waals surface area contributed by atoms with Crippen LogP contribution >= 0.6 is 0 Å². The molecule has 0 unspecified atom stereocenters. The zero-order valence-corrected chi connectivity index (χ0v) is 15.7. The fourth-order valence-electron chi connectivity index (χ4n) is 3.11. The van der Waals surface area contributed by atoms with Crippen molar-refractivity contribution < 1.29 is 13.5 Å². The average molecular weight is 398 g/mol. The van der Waals surface area contributed by atoms with Crippen LogP contribution in [0.1, 0.15) is 12.5 Å². The first-order valence-corrected chi connectivity index (χ1v) is 9.12. The van der Waals surface area contributed by atoms with E-state index in [2.05, 4.69) is 30.6 Å². The van der Waals surface area contributed by atoms with E-state index in [0.29, 0.717) is 29.7 Å². The number of hydrogen-bond acceptors (Lipinski definition) is 6. The molecule has 0 bridgehead atoms. The summed E-state index contributed by atoms with van der Waals surface area (Å²) >= 11 is 0. The number of pyridine rings is 1. The molecule has 1 aliphatic rings. The summed E-state index contributed by atoms with van der Waals surface area (Å²) in [6, 6.07) is 8.03. The first-order valence-electron chi connectivity index (χ1n) is 9.12. The highest BCUT2D eigenvalue weighted by molar-refractivity contribution is 6.10. The normalized spacial score (nSPS) is 14.3. The number of aromatic amines is 1. The first kappa shape index (κ1) is 19.0. The molecule has 0 spiro atoms. The molecule has 0 radical (unpaired) electrons. The molecule has 2 aromatic heterocycles. The Kier molecular flexibility index (Phi) is 4.98. The number of rotatable bonds is 7. The van der Waals surface area contributed by atoms with Crippen molar-refractivity contribution >= 4 is 17.2 Å². The summed E-state index contributed by atoms with van der Waals surface area (Å²) in [4.78, 5) is 4.43. The highest BCUT2D eigenvalue weighted by atomic mass is 19.3. The summed E-state index contributed by atoms with van der Waals surface area (Å²) in [5, 5.41) is 21.9. The number of aromatic nitrogens is 3. The third-order valence-electron chi connectivity index (χ3n) is 4.63. The molecular weight excluding hydrogens is 378 g/mol. The van der Waals surface area contributed by atoms with Gasteiger partial charge in [0.25, 0.3) is 0 Å². The Hall–Kier alpha value is -3.33. The Morgan fingerprint density at radius 2 is 2.00 bits per heavy atom. The monoisotopic (exact) mass is 398 g/mol. The van der Waals surface area contributed by atoms with Gasteiger partial charge >= 0.3 is 6.11 Å². The Morgan fingerprint density at radius 3 is 2.59 bits per heavy atom. The van der Waals surface area contributed by atoms with E-state index in [4.69, 9.17) is 5.41 Å². The lowest BCUT2D eigenvalue weighted by atomic mass is 9.88. The Balaban J connectivity index is 1.66. The molecule has 7 nitrogen and oxygen atoms in total. The van der Waals surface area contributed by atoms with E-state index in [1.54, 1.807) is 30.7 Å². The number of H-pyrrole nitrogens is 1. The summed E-state index contributed by atoms with van der Waals surface area (Å²) in [6.45, 7) is 2.18. The summed E-state index contributed by atoms with van der Waals surface area (Å²) in [5.41, 5.74) is 3.53. The van der Waals surface area contributed by atoms with Gasteiger partial charge in [0.05, 0.1) is 6.20 Å². The summed E-state index contributed by atoms with van der Waals surface area (Å²) in [6.07, 6.45) is 1.89. The van der Waals surface area contributed by atoms with Gasteiger partial charge in [-0.05, 0) is 35.9 Å². The lowest BCUT2D eigenvalue weighted by Crippen LogP contribution is -2.46. The molecule has 0 aliphatic carbocycles. The lowest BCUT2D eigenvalue weighted by Gasteiger charge is -2.29. The van der Waals surface area contributed by atoms with Crippen LogP contribution in [0.15, 0.2) is 48.9 Å². The first-order chi connectivity index (χ1) is 13.9. The summed E-state index contributed by atoms with van der Waals surface area (Å²) in [7, 11) is 0. The zero-order valence-electron chi connectivity index (χ0n) is 15.7. The number of hydrogen-bond donors (Lipinski definition) is 4. The van der Waals surface area contributed by atoms with E-state index >= 15 is 0 Å². The third kappa shape index (κ3) is 4.24. The van der Waals surface area contributed by atoms with E-state index in [0.717, 1.165) is 24.2 Å². The molecular formula is C20H20F2N6O. The second-order valence-corrected chi connectivity index (χ2v) is 6.90. The average Bonchev–Trinajstić information content (AvgIpc) is 3.15. The molecule has 4 N–H and O–H groups in total. The predicted molar refractivity (Wildman–Crippen MR) is 106 cm³/mol. The van der Waals surface area contributed by atoms with Crippen LogP contribution in [0, 0.1) is 11.3 Å². The van der Waals surface area contributed by atoms with Crippen LogP contribution in [0.25, 0.3) is 11.1 Å². The minimum absolute atomic E-state index is 0.0664. The smallest absolute Gasteiger partial charge is 0.394 e. The van der Waals surface area contributed by atoms with Gasteiger partial charge in [0, 0.05) is 60.9 Å². The Labute approximate surface area is 166 Å². The lowest BCUT2D eigenvalue weighted by molar-refractivity contribution is -0.158. The van der Waals surface area contributed by atoms with Crippen LogP contribution in [-0.2, 0) is 0 Å². The Morgan fingerprint density at radius 1 is 1.24 bits per heavy atom. The second-order valence-electron chi connectivity index (χ2n) is 6.90. The molecule has 1 saturated heterocycles. The molecule has 150 valence electrons. The van der Waals surface area contributed by atoms with Gasteiger partial charge in [-0.15, -0.1) is 0 Å². The quantitative estimate of drug-likeness (QED) is 0.454. The van der Waals surface area contributed by atoms with Gasteiger partial charge in [-0.25, -0.2) is 4.98 Å². The molecule has 0 amide bonds. The number of halogens is 2. The fraction of sp³-hybridized carbons (Fsp3) is 0.250. The standard InChI is InChI=1S/C20H20F2N6O/c1-20(21,22)29-15-4-2-14(3-5-15)28-19-17(18(23)13-8-24-9-13)16(6-7-25-19)12-10-26-27-11-12/h2-7,10-11,13,23-24H,8-9H2,1H3,(H,25,28)(H,26,27).